The highest BCUT2D eigenvalue weighted by Gasteiger charge is 2.69. The van der Waals surface area contributed by atoms with E-state index in [1.165, 1.54) is 12.1 Å². The number of hydrogen-bond acceptors (Lipinski definition) is 8. The van der Waals surface area contributed by atoms with E-state index in [-0.39, 0.29) is 11.1 Å². The van der Waals surface area contributed by atoms with Gasteiger partial charge in [-0.3, -0.25) is 24.0 Å². The van der Waals surface area contributed by atoms with Crippen molar-refractivity contribution < 1.29 is 39.3 Å². The summed E-state index contributed by atoms with van der Waals surface area (Å²) in [5.41, 5.74) is 3.17. The van der Waals surface area contributed by atoms with Crippen LogP contribution < -0.4 is 5.73 Å². The first-order chi connectivity index (χ1) is 17.0. The normalized spacial score (nSPS) is 32.6. The van der Waals surface area contributed by atoms with E-state index in [1.807, 2.05) is 0 Å². The minimum atomic E-state index is -2.98. The first-order valence-corrected chi connectivity index (χ1v) is 11.5. The molecule has 3 aliphatic carbocycles. The maximum Gasteiger partial charge on any atom is 0.235 e. The molecule has 10 heteroatoms. The van der Waals surface area contributed by atoms with Crippen LogP contribution in [0.5, 0.6) is 5.75 Å². The summed E-state index contributed by atoms with van der Waals surface area (Å²) in [7, 11) is 0. The van der Waals surface area contributed by atoms with Crippen LogP contribution in [0, 0.1) is 23.7 Å². The number of nitrogens with two attached hydrogens (primary N) is 1. The zero-order valence-electron chi connectivity index (χ0n) is 18.6. The van der Waals surface area contributed by atoms with Crippen molar-refractivity contribution in [2.24, 2.45) is 29.4 Å². The molecule has 5 rings (SSSR count). The number of aliphatic hydroxyl groups is 2. The van der Waals surface area contributed by atoms with Crippen molar-refractivity contribution >= 4 is 52.3 Å². The number of Topliss-reactive ketones (excluding diaryl/α,β-unsaturated/α-hetero) is 4. The molecular formula is C26H20ClNO8. The second kappa shape index (κ2) is 8.19. The first kappa shape index (κ1) is 24.1. The van der Waals surface area contributed by atoms with Crippen molar-refractivity contribution in [3.05, 3.63) is 64.2 Å². The predicted molar refractivity (Wildman–Crippen MR) is 126 cm³/mol. The second-order valence-electron chi connectivity index (χ2n) is 9.32. The van der Waals surface area contributed by atoms with Gasteiger partial charge in [-0.1, -0.05) is 41.9 Å². The third-order valence-electron chi connectivity index (χ3n) is 7.43. The van der Waals surface area contributed by atoms with Crippen molar-refractivity contribution in [2.75, 3.05) is 0 Å². The standard InChI is InChI=1S/C26H20ClNO8/c27-11-6-4-10(5-7-11)8-13-12-2-1-3-15(29)17(12)22(32)20-18(13)21(31)14-9-16(30)19(25(28)35)23(33)26(14,36)24(20)34/h1-8,14,18-21,29,31,36H,9H2,(H2,28,35)/t14-,18-,19?,20?,21-,26-/m1/s1. The number of ketones is 4. The lowest BCUT2D eigenvalue weighted by Crippen LogP contribution is -2.72. The summed E-state index contributed by atoms with van der Waals surface area (Å²) in [4.78, 5) is 64.8. The molecule has 3 aliphatic rings. The highest BCUT2D eigenvalue weighted by molar-refractivity contribution is 6.32. The molecule has 2 unspecified atom stereocenters. The zero-order valence-corrected chi connectivity index (χ0v) is 19.3. The number of rotatable bonds is 2. The highest BCUT2D eigenvalue weighted by Crippen LogP contribution is 2.54. The third-order valence-corrected chi connectivity index (χ3v) is 7.69. The summed E-state index contributed by atoms with van der Waals surface area (Å²) < 4.78 is 0. The van der Waals surface area contributed by atoms with Gasteiger partial charge < -0.3 is 21.1 Å². The number of primary amides is 1. The number of phenols is 1. The lowest BCUT2D eigenvalue weighted by Gasteiger charge is -2.51. The zero-order chi connectivity index (χ0) is 26.1. The van der Waals surface area contributed by atoms with E-state index in [0.29, 0.717) is 16.2 Å². The topological polar surface area (TPSA) is 172 Å². The number of benzene rings is 2. The van der Waals surface area contributed by atoms with Gasteiger partial charge in [0, 0.05) is 23.3 Å². The molecule has 5 N–H and O–H groups in total. The van der Waals surface area contributed by atoms with Gasteiger partial charge in [0.25, 0.3) is 0 Å². The number of carbonyl (C=O) groups excluding carboxylic acids is 5. The van der Waals surface area contributed by atoms with Gasteiger partial charge in [-0.25, -0.2) is 0 Å². The molecule has 9 nitrogen and oxygen atoms in total. The summed E-state index contributed by atoms with van der Waals surface area (Å²) in [5.74, 6) is -12.9. The summed E-state index contributed by atoms with van der Waals surface area (Å²) in [5, 5.41) is 33.8. The minimum Gasteiger partial charge on any atom is -0.507 e. The molecule has 0 aliphatic heterocycles. The van der Waals surface area contributed by atoms with Crippen molar-refractivity contribution in [3.8, 4) is 5.75 Å². The van der Waals surface area contributed by atoms with Crippen LogP contribution in [-0.4, -0.2) is 56.1 Å². The fraction of sp³-hybridized carbons (Fsp3) is 0.269. The van der Waals surface area contributed by atoms with Crippen LogP contribution >= 0.6 is 11.6 Å². The Labute approximate surface area is 209 Å². The highest BCUT2D eigenvalue weighted by atomic mass is 35.5. The largest absolute Gasteiger partial charge is 0.507 e. The molecule has 2 aromatic carbocycles. The number of aromatic hydroxyl groups is 1. The molecule has 1 amide bonds. The van der Waals surface area contributed by atoms with Gasteiger partial charge in [0.1, 0.15) is 5.75 Å². The number of amides is 1. The van der Waals surface area contributed by atoms with Crippen LogP contribution in [-0.2, 0) is 19.2 Å². The Morgan fingerprint density at radius 1 is 1.06 bits per heavy atom. The summed E-state index contributed by atoms with van der Waals surface area (Å²) in [6, 6.07) is 10.9. The number of phenolic OH excluding ortho intramolecular Hbond substituents is 1. The Bertz CT molecular complexity index is 1400. The average molecular weight is 510 g/mol. The van der Waals surface area contributed by atoms with Gasteiger partial charge in [0.15, 0.2) is 34.7 Å². The molecule has 184 valence electrons. The van der Waals surface area contributed by atoms with Crippen LogP contribution in [0.4, 0.5) is 0 Å². The van der Waals surface area contributed by atoms with Crippen LogP contribution in [0.1, 0.15) is 27.9 Å². The van der Waals surface area contributed by atoms with Gasteiger partial charge in [-0.05, 0) is 34.9 Å². The molecule has 2 fully saturated rings. The average Bonchev–Trinajstić information content (AvgIpc) is 2.82. The predicted octanol–water partition coefficient (Wildman–Crippen LogP) is 0.949. The van der Waals surface area contributed by atoms with E-state index in [0.717, 1.165) is 0 Å². The molecule has 0 spiro atoms. The lowest BCUT2D eigenvalue weighted by molar-refractivity contribution is -0.185. The van der Waals surface area contributed by atoms with Crippen LogP contribution in [0.2, 0.25) is 5.02 Å². The van der Waals surface area contributed by atoms with Crippen molar-refractivity contribution in [1.29, 1.82) is 0 Å². The van der Waals surface area contributed by atoms with Crippen LogP contribution in [0.25, 0.3) is 11.6 Å². The Morgan fingerprint density at radius 2 is 1.72 bits per heavy atom. The van der Waals surface area contributed by atoms with Gasteiger partial charge in [0.05, 0.1) is 17.6 Å². The van der Waals surface area contributed by atoms with Gasteiger partial charge in [0.2, 0.25) is 5.91 Å². The molecule has 0 bridgehead atoms. The monoisotopic (exact) mass is 509 g/mol. The first-order valence-electron chi connectivity index (χ1n) is 11.1. The Morgan fingerprint density at radius 3 is 2.36 bits per heavy atom. The smallest absolute Gasteiger partial charge is 0.235 e. The SMILES string of the molecule is NC(=O)C1C(=O)C[C@@H]2[C@@H](O)[C@@H]3C(=Cc4ccc(Cl)cc4)c4cccc(O)c4C(=O)C3C(=O)[C@]2(O)C1=O. The molecule has 2 saturated carbocycles. The van der Waals surface area contributed by atoms with Gasteiger partial charge >= 0.3 is 0 Å². The molecule has 0 heterocycles. The molecule has 6 atom stereocenters. The summed E-state index contributed by atoms with van der Waals surface area (Å²) in [6.45, 7) is 0. The number of hydrogen-bond donors (Lipinski definition) is 4. The molecule has 2 aromatic rings. The van der Waals surface area contributed by atoms with E-state index in [1.54, 1.807) is 36.4 Å². The van der Waals surface area contributed by atoms with Crippen LogP contribution in [0.15, 0.2) is 42.5 Å². The Hall–Kier alpha value is -3.66. The molecule has 36 heavy (non-hydrogen) atoms. The van der Waals surface area contributed by atoms with E-state index in [4.69, 9.17) is 17.3 Å². The maximum atomic E-state index is 13.7. The molecule has 0 radical (unpaired) electrons. The number of fused-ring (bicyclic) bond motifs is 3. The number of aliphatic hydroxyl groups excluding tert-OH is 1. The number of carbonyl (C=O) groups is 5. The van der Waals surface area contributed by atoms with E-state index >= 15 is 0 Å². The Kier molecular flexibility index (Phi) is 5.47. The van der Waals surface area contributed by atoms with Crippen molar-refractivity contribution in [2.45, 2.75) is 18.1 Å². The minimum absolute atomic E-state index is 0.202. The molecular weight excluding hydrogens is 490 g/mol. The van der Waals surface area contributed by atoms with E-state index in [9.17, 15) is 39.3 Å². The molecule has 0 aromatic heterocycles. The fourth-order valence-electron chi connectivity index (χ4n) is 5.77. The number of halogens is 1. The van der Waals surface area contributed by atoms with Crippen LogP contribution in [0.3, 0.4) is 0 Å². The summed E-state index contributed by atoms with van der Waals surface area (Å²) >= 11 is 5.97. The van der Waals surface area contributed by atoms with Crippen molar-refractivity contribution in [1.82, 2.24) is 0 Å². The lowest BCUT2D eigenvalue weighted by atomic mass is 9.51. The second-order valence-corrected chi connectivity index (χ2v) is 9.75. The fourth-order valence-corrected chi connectivity index (χ4v) is 5.90. The van der Waals surface area contributed by atoms with E-state index in [2.05, 4.69) is 0 Å². The third kappa shape index (κ3) is 3.20. The summed E-state index contributed by atoms with van der Waals surface area (Å²) in [6.07, 6.45) is -0.753. The van der Waals surface area contributed by atoms with Gasteiger partial charge in [-0.2, -0.15) is 0 Å². The molecule has 0 saturated heterocycles. The van der Waals surface area contributed by atoms with Crippen molar-refractivity contribution in [3.63, 3.8) is 0 Å². The quantitative estimate of drug-likeness (QED) is 0.433. The van der Waals surface area contributed by atoms with E-state index < -0.39 is 76.6 Å². The van der Waals surface area contributed by atoms with Gasteiger partial charge in [-0.15, -0.1) is 0 Å². The maximum absolute atomic E-state index is 13.7. The Balaban J connectivity index is 1.74.